The molecule has 0 fully saturated rings. The molecule has 3 rings (SSSR count). The highest BCUT2D eigenvalue weighted by molar-refractivity contribution is 7.18. The maximum Gasteiger partial charge on any atom is 0.144 e. The second-order valence-electron chi connectivity index (χ2n) is 6.49. The van der Waals surface area contributed by atoms with Crippen LogP contribution < -0.4 is 11.2 Å². The number of imidazole rings is 1. The van der Waals surface area contributed by atoms with Crippen molar-refractivity contribution < 1.29 is 0 Å². The second-order valence-corrected chi connectivity index (χ2v) is 7.57. The standard InChI is InChI=1S/C14H20N4S/c1-14(2,3)8-4-5-9-10(6-8)19-13-12(11(9)15)17-7-18(13)16/h7-8,15H,4-6,16H2,1-3H3. The maximum atomic E-state index is 8.33. The fourth-order valence-corrected chi connectivity index (χ4v) is 4.15. The van der Waals surface area contributed by atoms with Crippen LogP contribution in [0.25, 0.3) is 10.3 Å². The molecule has 2 heterocycles. The molecule has 1 unspecified atom stereocenters. The second kappa shape index (κ2) is 4.07. The minimum atomic E-state index is 0.324. The third-order valence-corrected chi connectivity index (χ3v) is 5.50. The highest BCUT2D eigenvalue weighted by Crippen LogP contribution is 2.38. The third-order valence-electron chi connectivity index (χ3n) is 4.24. The first-order chi connectivity index (χ1) is 8.88. The summed E-state index contributed by atoms with van der Waals surface area (Å²) in [5.74, 6) is 6.56. The van der Waals surface area contributed by atoms with Crippen LogP contribution in [-0.2, 0) is 12.8 Å². The largest absolute Gasteiger partial charge is 0.337 e. The number of hydrogen-bond donors (Lipinski definition) is 2. The van der Waals surface area contributed by atoms with Crippen LogP contribution in [0.2, 0.25) is 0 Å². The van der Waals surface area contributed by atoms with Gasteiger partial charge >= 0.3 is 0 Å². The molecule has 0 aliphatic heterocycles. The van der Waals surface area contributed by atoms with E-state index >= 15 is 0 Å². The molecule has 102 valence electrons. The Kier molecular flexibility index (Phi) is 2.71. The summed E-state index contributed by atoms with van der Waals surface area (Å²) in [5, 5.41) is 8.91. The Bertz CT molecular complexity index is 690. The zero-order chi connectivity index (χ0) is 13.8. The van der Waals surface area contributed by atoms with Crippen LogP contribution in [0.4, 0.5) is 0 Å². The molecule has 1 aliphatic rings. The molecule has 3 N–H and O–H groups in total. The Morgan fingerprint density at radius 1 is 1.47 bits per heavy atom. The maximum absolute atomic E-state index is 8.33. The number of nitrogens with one attached hydrogen (secondary N) is 1. The number of fused-ring (bicyclic) bond motifs is 2. The number of hydrogen-bond acceptors (Lipinski definition) is 4. The molecule has 0 saturated carbocycles. The van der Waals surface area contributed by atoms with Gasteiger partial charge in [-0.15, -0.1) is 11.3 Å². The van der Waals surface area contributed by atoms with Crippen molar-refractivity contribution in [2.75, 3.05) is 5.84 Å². The van der Waals surface area contributed by atoms with E-state index in [0.717, 1.165) is 23.2 Å². The van der Waals surface area contributed by atoms with Gasteiger partial charge in [-0.2, -0.15) is 0 Å². The number of nitrogens with zero attached hydrogens (tertiary/aromatic N) is 2. The van der Waals surface area contributed by atoms with E-state index in [4.69, 9.17) is 11.3 Å². The van der Waals surface area contributed by atoms with Crippen LogP contribution in [0.3, 0.4) is 0 Å². The van der Waals surface area contributed by atoms with Crippen LogP contribution in [0, 0.1) is 16.7 Å². The molecule has 0 radical (unpaired) electrons. The molecule has 1 aliphatic carbocycles. The number of rotatable bonds is 0. The molecule has 0 amide bonds. The zero-order valence-corrected chi connectivity index (χ0v) is 12.5. The van der Waals surface area contributed by atoms with Crippen molar-refractivity contribution in [2.45, 2.75) is 40.0 Å². The number of nitrogens with two attached hydrogens (primary N) is 1. The molecule has 0 saturated heterocycles. The molecule has 1 atom stereocenters. The predicted molar refractivity (Wildman–Crippen MR) is 78.6 cm³/mol. The SMILES string of the molecule is CC(C)(C)C1CCc2c(sc3c(ncn3N)c2=N)C1. The van der Waals surface area contributed by atoms with Gasteiger partial charge in [0.2, 0.25) is 0 Å². The fourth-order valence-electron chi connectivity index (χ4n) is 2.90. The summed E-state index contributed by atoms with van der Waals surface area (Å²) in [4.78, 5) is 6.50. The summed E-state index contributed by atoms with van der Waals surface area (Å²) in [5.41, 5.74) is 2.27. The number of aromatic nitrogens is 2. The summed E-state index contributed by atoms with van der Waals surface area (Å²) in [6.07, 6.45) is 4.84. The molecule has 4 nitrogen and oxygen atoms in total. The minimum Gasteiger partial charge on any atom is -0.337 e. The first-order valence-electron chi connectivity index (χ1n) is 6.69. The predicted octanol–water partition coefficient (Wildman–Crippen LogP) is 2.44. The molecular formula is C14H20N4S. The van der Waals surface area contributed by atoms with E-state index in [2.05, 4.69) is 25.8 Å². The highest BCUT2D eigenvalue weighted by atomic mass is 32.1. The van der Waals surface area contributed by atoms with Crippen molar-refractivity contribution in [2.24, 2.45) is 11.3 Å². The minimum absolute atomic E-state index is 0.324. The monoisotopic (exact) mass is 276 g/mol. The molecule has 0 spiro atoms. The van der Waals surface area contributed by atoms with Crippen molar-refractivity contribution in [1.82, 2.24) is 9.66 Å². The van der Waals surface area contributed by atoms with Crippen LogP contribution in [0.5, 0.6) is 0 Å². The van der Waals surface area contributed by atoms with Crippen molar-refractivity contribution in [1.29, 1.82) is 5.41 Å². The fraction of sp³-hybridized carbons (Fsp3) is 0.571. The number of nitrogen functional groups attached to an aromatic ring is 1. The average molecular weight is 276 g/mol. The van der Waals surface area contributed by atoms with E-state index in [9.17, 15) is 0 Å². The lowest BCUT2D eigenvalue weighted by Gasteiger charge is -2.34. The smallest absolute Gasteiger partial charge is 0.144 e. The molecular weight excluding hydrogens is 256 g/mol. The Morgan fingerprint density at radius 2 is 2.21 bits per heavy atom. The van der Waals surface area contributed by atoms with E-state index in [1.54, 1.807) is 22.3 Å². The quantitative estimate of drug-likeness (QED) is 0.726. The first-order valence-corrected chi connectivity index (χ1v) is 7.51. The normalized spacial score (nSPS) is 19.6. The molecule has 2 aromatic rings. The summed E-state index contributed by atoms with van der Waals surface area (Å²) < 4.78 is 1.54. The van der Waals surface area contributed by atoms with Crippen molar-refractivity contribution in [3.05, 3.63) is 22.1 Å². The molecule has 0 aromatic carbocycles. The van der Waals surface area contributed by atoms with Gasteiger partial charge in [0.05, 0.1) is 5.36 Å². The van der Waals surface area contributed by atoms with Gasteiger partial charge < -0.3 is 5.84 Å². The van der Waals surface area contributed by atoms with Gasteiger partial charge in [0, 0.05) is 4.88 Å². The van der Waals surface area contributed by atoms with Crippen molar-refractivity contribution in [3.63, 3.8) is 0 Å². The third kappa shape index (κ3) is 1.96. The molecule has 5 heteroatoms. The van der Waals surface area contributed by atoms with Crippen molar-refractivity contribution >= 4 is 21.7 Å². The summed E-state index contributed by atoms with van der Waals surface area (Å²) in [6.45, 7) is 6.92. The lowest BCUT2D eigenvalue weighted by Crippen LogP contribution is -2.29. The van der Waals surface area contributed by atoms with E-state index in [1.165, 1.54) is 16.9 Å². The van der Waals surface area contributed by atoms with Gasteiger partial charge in [-0.3, -0.25) is 5.41 Å². The Morgan fingerprint density at radius 3 is 2.89 bits per heavy atom. The Hall–Kier alpha value is -1.36. The summed E-state index contributed by atoms with van der Waals surface area (Å²) in [7, 11) is 0. The van der Waals surface area contributed by atoms with E-state index in [0.29, 0.717) is 16.7 Å². The first kappa shape index (κ1) is 12.7. The Balaban J connectivity index is 2.15. The lowest BCUT2D eigenvalue weighted by atomic mass is 9.72. The van der Waals surface area contributed by atoms with Gasteiger partial charge in [0.1, 0.15) is 16.7 Å². The average Bonchev–Trinajstić information content (AvgIpc) is 2.70. The van der Waals surface area contributed by atoms with Gasteiger partial charge in [0.15, 0.2) is 0 Å². The Labute approximate surface area is 116 Å². The van der Waals surface area contributed by atoms with Gasteiger partial charge in [-0.25, -0.2) is 9.66 Å². The van der Waals surface area contributed by atoms with Crippen molar-refractivity contribution in [3.8, 4) is 0 Å². The zero-order valence-electron chi connectivity index (χ0n) is 11.7. The van der Waals surface area contributed by atoms with Crippen LogP contribution in [0.15, 0.2) is 6.33 Å². The van der Waals surface area contributed by atoms with Gasteiger partial charge in [-0.1, -0.05) is 20.8 Å². The molecule has 2 aromatic heterocycles. The van der Waals surface area contributed by atoms with Crippen LogP contribution >= 0.6 is 11.3 Å². The van der Waals surface area contributed by atoms with Crippen LogP contribution in [0.1, 0.15) is 37.6 Å². The molecule has 19 heavy (non-hydrogen) atoms. The summed E-state index contributed by atoms with van der Waals surface area (Å²) >= 11 is 1.71. The van der Waals surface area contributed by atoms with Gasteiger partial charge in [-0.05, 0) is 36.2 Å². The van der Waals surface area contributed by atoms with E-state index in [1.807, 2.05) is 0 Å². The lowest BCUT2D eigenvalue weighted by molar-refractivity contribution is 0.217. The topological polar surface area (TPSA) is 67.7 Å². The van der Waals surface area contributed by atoms with Crippen LogP contribution in [-0.4, -0.2) is 9.66 Å². The highest BCUT2D eigenvalue weighted by Gasteiger charge is 2.30. The summed E-state index contributed by atoms with van der Waals surface area (Å²) in [6, 6.07) is 0. The van der Waals surface area contributed by atoms with Gasteiger partial charge in [0.25, 0.3) is 0 Å². The van der Waals surface area contributed by atoms with E-state index < -0.39 is 0 Å². The molecule has 0 bridgehead atoms. The van der Waals surface area contributed by atoms with E-state index in [-0.39, 0.29) is 0 Å².